The number of hydrogen-bond donors (Lipinski definition) is 0. The number of hydrogen-bond acceptors (Lipinski definition) is 4. The Kier molecular flexibility index (Phi) is 4.52. The second kappa shape index (κ2) is 7.12. The van der Waals surface area contributed by atoms with Crippen LogP contribution in [0.4, 0.5) is 0 Å². The largest absolute Gasteiger partial charge is 0.423 e. The van der Waals surface area contributed by atoms with Gasteiger partial charge in [0.15, 0.2) is 0 Å². The summed E-state index contributed by atoms with van der Waals surface area (Å²) in [6.07, 6.45) is 5.14. The van der Waals surface area contributed by atoms with E-state index >= 15 is 0 Å². The number of carbonyl (C=O) groups is 1. The molecule has 0 N–H and O–H groups in total. The van der Waals surface area contributed by atoms with Crippen LogP contribution in [0.25, 0.3) is 10.9 Å². The number of carbonyl (C=O) groups excluding carboxylic acids is 1. The lowest BCUT2D eigenvalue weighted by Crippen LogP contribution is -2.26. The molecule has 0 unspecified atom stereocenters. The number of aromatic nitrogens is 2. The molecule has 132 valence electrons. The topological polar surface area (TPSA) is 61.2 Å². The van der Waals surface area contributed by atoms with Gasteiger partial charge in [-0.3, -0.25) is 9.36 Å². The number of ether oxygens (including phenoxy) is 1. The smallest absolute Gasteiger partial charge is 0.343 e. The van der Waals surface area contributed by atoms with Gasteiger partial charge in [-0.1, -0.05) is 31.0 Å². The third kappa shape index (κ3) is 3.25. The number of aryl methyl sites for hydroxylation is 1. The van der Waals surface area contributed by atoms with Crippen molar-refractivity contribution in [3.8, 4) is 5.75 Å². The Morgan fingerprint density at radius 3 is 2.65 bits per heavy atom. The Bertz CT molecular complexity index is 1010. The molecule has 0 saturated heterocycles. The predicted molar refractivity (Wildman–Crippen MR) is 99.6 cm³/mol. The molecule has 2 aromatic carbocycles. The van der Waals surface area contributed by atoms with Crippen molar-refractivity contribution in [1.82, 2.24) is 9.55 Å². The van der Waals surface area contributed by atoms with Gasteiger partial charge in [-0.05, 0) is 43.2 Å². The van der Waals surface area contributed by atoms with Crippen LogP contribution >= 0.6 is 0 Å². The first-order valence-electron chi connectivity index (χ1n) is 9.03. The Labute approximate surface area is 151 Å². The SMILES string of the molecule is O=C(Oc1ccccc1)c1ccc2c(=O)n3c(nc2c1)CCCCCC3. The van der Waals surface area contributed by atoms with Crippen LogP contribution < -0.4 is 10.3 Å². The number of nitrogens with zero attached hydrogens (tertiary/aromatic N) is 2. The van der Waals surface area contributed by atoms with Crippen molar-refractivity contribution in [1.29, 1.82) is 0 Å². The van der Waals surface area contributed by atoms with E-state index in [2.05, 4.69) is 4.98 Å². The van der Waals surface area contributed by atoms with Crippen molar-refractivity contribution in [2.45, 2.75) is 38.6 Å². The van der Waals surface area contributed by atoms with Gasteiger partial charge in [-0.2, -0.15) is 0 Å². The Balaban J connectivity index is 1.71. The molecule has 3 aromatic rings. The molecule has 0 bridgehead atoms. The average Bonchev–Trinajstić information content (AvgIpc) is 2.64. The molecular formula is C21H20N2O3. The summed E-state index contributed by atoms with van der Waals surface area (Å²) >= 11 is 0. The zero-order chi connectivity index (χ0) is 17.9. The second-order valence-corrected chi connectivity index (χ2v) is 6.58. The number of para-hydroxylation sites is 1. The highest BCUT2D eigenvalue weighted by Crippen LogP contribution is 2.18. The molecule has 5 heteroatoms. The van der Waals surface area contributed by atoms with E-state index in [1.165, 1.54) is 0 Å². The van der Waals surface area contributed by atoms with Gasteiger partial charge in [-0.15, -0.1) is 0 Å². The summed E-state index contributed by atoms with van der Waals surface area (Å²) in [5, 5.41) is 0.547. The van der Waals surface area contributed by atoms with Gasteiger partial charge in [0.05, 0.1) is 16.5 Å². The molecule has 1 aliphatic heterocycles. The van der Waals surface area contributed by atoms with Gasteiger partial charge in [0.1, 0.15) is 11.6 Å². The molecule has 2 heterocycles. The van der Waals surface area contributed by atoms with E-state index < -0.39 is 5.97 Å². The lowest BCUT2D eigenvalue weighted by atomic mass is 10.1. The van der Waals surface area contributed by atoms with Crippen molar-refractivity contribution in [2.75, 3.05) is 0 Å². The van der Waals surface area contributed by atoms with E-state index in [1.807, 2.05) is 18.2 Å². The molecule has 0 fully saturated rings. The minimum Gasteiger partial charge on any atom is -0.423 e. The summed E-state index contributed by atoms with van der Waals surface area (Å²) in [6, 6.07) is 13.9. The highest BCUT2D eigenvalue weighted by Gasteiger charge is 2.15. The van der Waals surface area contributed by atoms with E-state index in [0.717, 1.165) is 44.5 Å². The first-order valence-corrected chi connectivity index (χ1v) is 9.03. The number of fused-ring (bicyclic) bond motifs is 2. The maximum atomic E-state index is 12.8. The molecule has 0 saturated carbocycles. The molecule has 0 aliphatic carbocycles. The highest BCUT2D eigenvalue weighted by molar-refractivity contribution is 5.95. The molecular weight excluding hydrogens is 328 g/mol. The fraction of sp³-hybridized carbons (Fsp3) is 0.286. The molecule has 4 rings (SSSR count). The predicted octanol–water partition coefficient (Wildman–Crippen LogP) is 3.73. The van der Waals surface area contributed by atoms with E-state index in [-0.39, 0.29) is 5.56 Å². The molecule has 1 aromatic heterocycles. The summed E-state index contributed by atoms with van der Waals surface area (Å²) in [5.41, 5.74) is 0.934. The van der Waals surface area contributed by atoms with Crippen LogP contribution in [0.15, 0.2) is 53.3 Å². The fourth-order valence-corrected chi connectivity index (χ4v) is 3.38. The molecule has 0 spiro atoms. The van der Waals surface area contributed by atoms with Crippen molar-refractivity contribution < 1.29 is 9.53 Å². The van der Waals surface area contributed by atoms with Crippen molar-refractivity contribution in [3.63, 3.8) is 0 Å². The van der Waals surface area contributed by atoms with Crippen molar-refractivity contribution in [3.05, 3.63) is 70.3 Å². The number of esters is 1. The van der Waals surface area contributed by atoms with E-state index in [9.17, 15) is 9.59 Å². The van der Waals surface area contributed by atoms with E-state index in [0.29, 0.717) is 22.2 Å². The zero-order valence-corrected chi connectivity index (χ0v) is 14.5. The normalized spacial score (nSPS) is 14.3. The van der Waals surface area contributed by atoms with Gasteiger partial charge in [0.25, 0.3) is 5.56 Å². The zero-order valence-electron chi connectivity index (χ0n) is 14.5. The standard InChI is InChI=1S/C21H20N2O3/c24-20-17-12-11-15(21(25)26-16-8-4-3-5-9-16)14-18(17)22-19-10-6-1-2-7-13-23(19)20/h3-5,8-9,11-12,14H,1-2,6-7,10,13H2. The number of benzene rings is 2. The minimum atomic E-state index is -0.452. The molecule has 1 aliphatic rings. The van der Waals surface area contributed by atoms with Crippen LogP contribution in [0.5, 0.6) is 5.75 Å². The summed E-state index contributed by atoms with van der Waals surface area (Å²) in [7, 11) is 0. The van der Waals surface area contributed by atoms with Crippen molar-refractivity contribution in [2.24, 2.45) is 0 Å². The Morgan fingerprint density at radius 1 is 1.00 bits per heavy atom. The molecule has 26 heavy (non-hydrogen) atoms. The molecule has 5 nitrogen and oxygen atoms in total. The third-order valence-electron chi connectivity index (χ3n) is 4.76. The van der Waals surface area contributed by atoms with Gasteiger partial charge in [0.2, 0.25) is 0 Å². The lowest BCUT2D eigenvalue weighted by Gasteiger charge is -2.16. The third-order valence-corrected chi connectivity index (χ3v) is 4.76. The highest BCUT2D eigenvalue weighted by atomic mass is 16.5. The summed E-state index contributed by atoms with van der Waals surface area (Å²) in [4.78, 5) is 29.9. The minimum absolute atomic E-state index is 0.0186. The van der Waals surface area contributed by atoms with Crippen molar-refractivity contribution >= 4 is 16.9 Å². The summed E-state index contributed by atoms with van der Waals surface area (Å²) in [6.45, 7) is 0.717. The quantitative estimate of drug-likeness (QED) is 0.523. The van der Waals surface area contributed by atoms with Crippen LogP contribution in [-0.4, -0.2) is 15.5 Å². The summed E-state index contributed by atoms with van der Waals surface area (Å²) in [5.74, 6) is 0.853. The molecule has 0 atom stereocenters. The van der Waals surface area contributed by atoms with Gasteiger partial charge >= 0.3 is 5.97 Å². The number of rotatable bonds is 2. The van der Waals surface area contributed by atoms with Crippen LogP contribution in [0.2, 0.25) is 0 Å². The van der Waals surface area contributed by atoms with Crippen LogP contribution in [0, 0.1) is 0 Å². The van der Waals surface area contributed by atoms with Crippen LogP contribution in [0.1, 0.15) is 41.9 Å². The van der Waals surface area contributed by atoms with Gasteiger partial charge in [-0.25, -0.2) is 9.78 Å². The Hall–Kier alpha value is -2.95. The lowest BCUT2D eigenvalue weighted by molar-refractivity contribution is 0.0735. The van der Waals surface area contributed by atoms with Gasteiger partial charge < -0.3 is 4.74 Å². The fourth-order valence-electron chi connectivity index (χ4n) is 3.38. The summed E-state index contributed by atoms with van der Waals surface area (Å²) < 4.78 is 7.17. The van der Waals surface area contributed by atoms with Crippen LogP contribution in [-0.2, 0) is 13.0 Å². The average molecular weight is 348 g/mol. The molecule has 0 amide bonds. The van der Waals surface area contributed by atoms with Crippen LogP contribution in [0.3, 0.4) is 0 Å². The maximum absolute atomic E-state index is 12.8. The maximum Gasteiger partial charge on any atom is 0.343 e. The Morgan fingerprint density at radius 2 is 1.81 bits per heavy atom. The van der Waals surface area contributed by atoms with E-state index in [1.54, 1.807) is 34.9 Å². The molecule has 0 radical (unpaired) electrons. The first kappa shape index (κ1) is 16.5. The second-order valence-electron chi connectivity index (χ2n) is 6.58. The van der Waals surface area contributed by atoms with Gasteiger partial charge in [0, 0.05) is 13.0 Å². The van der Waals surface area contributed by atoms with E-state index in [4.69, 9.17) is 4.74 Å². The monoisotopic (exact) mass is 348 g/mol. The first-order chi connectivity index (χ1) is 12.7.